The van der Waals surface area contributed by atoms with Crippen molar-refractivity contribution in [1.82, 2.24) is 14.5 Å². The molecule has 0 fully saturated rings. The number of ether oxygens (including phenoxy) is 1. The summed E-state index contributed by atoms with van der Waals surface area (Å²) in [4.78, 5) is 23.1. The van der Waals surface area contributed by atoms with Crippen LogP contribution in [0.5, 0.6) is 0 Å². The minimum atomic E-state index is -3.36. The summed E-state index contributed by atoms with van der Waals surface area (Å²) in [6.07, 6.45) is 1.23. The highest BCUT2D eigenvalue weighted by atomic mass is 32.2. The number of fused-ring (bicyclic) bond motifs is 2. The van der Waals surface area contributed by atoms with E-state index in [9.17, 15) is 13.2 Å². The summed E-state index contributed by atoms with van der Waals surface area (Å²) in [5.41, 5.74) is 3.01. The fraction of sp³-hybridized carbons (Fsp3) is 0.321. The van der Waals surface area contributed by atoms with Crippen LogP contribution in [0, 0.1) is 0 Å². The second-order valence-corrected chi connectivity index (χ2v) is 13.0. The van der Waals surface area contributed by atoms with Crippen molar-refractivity contribution >= 4 is 32.7 Å². The Balaban J connectivity index is 1.56. The average Bonchev–Trinajstić information content (AvgIpc) is 3.43. The van der Waals surface area contributed by atoms with Crippen molar-refractivity contribution in [2.24, 2.45) is 0 Å². The molecule has 4 aromatic rings. The van der Waals surface area contributed by atoms with Gasteiger partial charge in [-0.1, -0.05) is 30.3 Å². The monoisotopic (exact) mass is 518 g/mol. The Morgan fingerprint density at radius 1 is 1.11 bits per heavy atom. The maximum absolute atomic E-state index is 13.3. The van der Waals surface area contributed by atoms with Crippen LogP contribution in [0.25, 0.3) is 22.2 Å². The number of carbonyl (C=O) groups is 1. The third-order valence-corrected chi connectivity index (χ3v) is 8.55. The molecule has 1 atom stereocenters. The lowest BCUT2D eigenvalue weighted by Gasteiger charge is -2.22. The first kappa shape index (κ1) is 25.0. The number of sulfone groups is 1. The van der Waals surface area contributed by atoms with Crippen LogP contribution >= 0.6 is 0 Å². The molecule has 2 aromatic carbocycles. The van der Waals surface area contributed by atoms with Crippen molar-refractivity contribution in [3.63, 3.8) is 0 Å². The quantitative estimate of drug-likeness (QED) is 0.374. The summed E-state index contributed by atoms with van der Waals surface area (Å²) in [5.74, 6) is 0.428. The highest BCUT2D eigenvalue weighted by Crippen LogP contribution is 2.38. The Kier molecular flexibility index (Phi) is 6.06. The molecular weight excluding hydrogens is 488 g/mol. The van der Waals surface area contributed by atoms with Gasteiger partial charge in [0, 0.05) is 23.2 Å². The largest absolute Gasteiger partial charge is 0.443 e. The molecule has 0 aliphatic carbocycles. The molecule has 1 unspecified atom stereocenters. The summed E-state index contributed by atoms with van der Waals surface area (Å²) in [6, 6.07) is 16.4. The van der Waals surface area contributed by atoms with Crippen molar-refractivity contribution in [1.29, 1.82) is 0 Å². The first-order chi connectivity index (χ1) is 17.5. The first-order valence-electron chi connectivity index (χ1n) is 12.2. The van der Waals surface area contributed by atoms with E-state index in [1.165, 1.54) is 0 Å². The Morgan fingerprint density at radius 2 is 1.81 bits per heavy atom. The molecule has 0 saturated carbocycles. The van der Waals surface area contributed by atoms with Gasteiger partial charge in [-0.2, -0.15) is 0 Å². The zero-order valence-electron chi connectivity index (χ0n) is 21.5. The van der Waals surface area contributed by atoms with Gasteiger partial charge in [0.1, 0.15) is 11.4 Å². The lowest BCUT2D eigenvalue weighted by molar-refractivity contribution is 0.0539. The summed E-state index contributed by atoms with van der Waals surface area (Å²) in [6.45, 7) is 9.40. The van der Waals surface area contributed by atoms with Crippen LogP contribution in [0.2, 0.25) is 0 Å². The molecule has 37 heavy (non-hydrogen) atoms. The lowest BCUT2D eigenvalue weighted by Crippen LogP contribution is -2.28. The molecule has 9 heteroatoms. The number of nitrogens with one attached hydrogen (secondary N) is 1. The first-order valence-corrected chi connectivity index (χ1v) is 13.8. The molecule has 1 N–H and O–H groups in total. The maximum atomic E-state index is 13.3. The van der Waals surface area contributed by atoms with Crippen molar-refractivity contribution in [3.8, 4) is 11.3 Å². The predicted octanol–water partition coefficient (Wildman–Crippen LogP) is 5.62. The molecule has 0 saturated heterocycles. The molecule has 8 nitrogen and oxygen atoms in total. The number of aromatic nitrogens is 3. The van der Waals surface area contributed by atoms with E-state index >= 15 is 0 Å². The van der Waals surface area contributed by atoms with Crippen LogP contribution in [-0.2, 0) is 14.6 Å². The minimum Gasteiger partial charge on any atom is -0.443 e. The predicted molar refractivity (Wildman–Crippen MR) is 144 cm³/mol. The second-order valence-electron chi connectivity index (χ2n) is 10.5. The Bertz CT molecular complexity index is 1600. The van der Waals surface area contributed by atoms with Gasteiger partial charge < -0.3 is 10.1 Å². The normalized spacial score (nSPS) is 15.6. The van der Waals surface area contributed by atoms with Gasteiger partial charge in [-0.05, 0) is 58.9 Å². The fourth-order valence-corrected chi connectivity index (χ4v) is 5.55. The summed E-state index contributed by atoms with van der Waals surface area (Å²) in [7, 11) is -3.36. The zero-order chi connectivity index (χ0) is 26.5. The number of hydrogen-bond donors (Lipinski definition) is 1. The molecule has 1 aliphatic rings. The Labute approximate surface area is 216 Å². The molecule has 0 bridgehead atoms. The van der Waals surface area contributed by atoms with Crippen molar-refractivity contribution in [2.45, 2.75) is 56.3 Å². The number of benzene rings is 2. The van der Waals surface area contributed by atoms with E-state index in [0.717, 1.165) is 27.9 Å². The summed E-state index contributed by atoms with van der Waals surface area (Å²) < 4.78 is 32.4. The summed E-state index contributed by atoms with van der Waals surface area (Å²) in [5, 5.41) is 3.74. The lowest BCUT2D eigenvalue weighted by atomic mass is 10.0. The number of nitrogens with zero attached hydrogens (tertiary/aromatic N) is 3. The topological polar surface area (TPSA) is 103 Å². The van der Waals surface area contributed by atoms with E-state index in [1.54, 1.807) is 48.9 Å². The molecule has 1 aliphatic heterocycles. The standard InChI is InChI=1S/C28H30N4O4S/c1-17(2)37(34,35)20-12-10-18(11-13-20)22-16-30-26-25(31-22)21(15-29-26)24-14-19-8-6-7-9-23(19)32(24)27(33)36-28(3,4)5/h6-14,16-17,21H,15H2,1-5H3,(H,29,30). The van der Waals surface area contributed by atoms with E-state index in [4.69, 9.17) is 9.72 Å². The minimum absolute atomic E-state index is 0.233. The molecule has 5 rings (SSSR count). The molecule has 2 aromatic heterocycles. The highest BCUT2D eigenvalue weighted by Gasteiger charge is 2.33. The molecule has 192 valence electrons. The second kappa shape index (κ2) is 8.99. The van der Waals surface area contributed by atoms with Crippen molar-refractivity contribution in [2.75, 3.05) is 11.9 Å². The smallest absolute Gasteiger partial charge is 0.419 e. The van der Waals surface area contributed by atoms with Gasteiger partial charge in [-0.15, -0.1) is 0 Å². The third-order valence-electron chi connectivity index (χ3n) is 6.37. The zero-order valence-corrected chi connectivity index (χ0v) is 22.3. The van der Waals surface area contributed by atoms with E-state index in [1.807, 2.05) is 51.1 Å². The van der Waals surface area contributed by atoms with E-state index < -0.39 is 26.8 Å². The SMILES string of the molecule is CC(C)S(=O)(=O)c1ccc(-c2cnc3c(n2)C(c2cc4ccccc4n2C(=O)OC(C)(C)C)CN3)cc1. The third kappa shape index (κ3) is 4.59. The van der Waals surface area contributed by atoms with E-state index in [0.29, 0.717) is 18.1 Å². The van der Waals surface area contributed by atoms with Crippen molar-refractivity contribution in [3.05, 3.63) is 72.2 Å². The molecule has 0 radical (unpaired) electrons. The number of carbonyl (C=O) groups excluding carboxylic acids is 1. The molecule has 0 spiro atoms. The maximum Gasteiger partial charge on any atom is 0.419 e. The summed E-state index contributed by atoms with van der Waals surface area (Å²) >= 11 is 0. The molecular formula is C28H30N4O4S. The van der Waals surface area contributed by atoms with Gasteiger partial charge in [0.2, 0.25) is 0 Å². The number of anilines is 1. The van der Waals surface area contributed by atoms with Gasteiger partial charge in [0.25, 0.3) is 0 Å². The molecule has 0 amide bonds. The van der Waals surface area contributed by atoms with Gasteiger partial charge in [-0.3, -0.25) is 0 Å². The van der Waals surface area contributed by atoms with Gasteiger partial charge in [0.15, 0.2) is 9.84 Å². The Morgan fingerprint density at radius 3 is 2.49 bits per heavy atom. The number of hydrogen-bond acceptors (Lipinski definition) is 7. The van der Waals surface area contributed by atoms with E-state index in [2.05, 4.69) is 10.3 Å². The van der Waals surface area contributed by atoms with Crippen LogP contribution < -0.4 is 5.32 Å². The van der Waals surface area contributed by atoms with Crippen molar-refractivity contribution < 1.29 is 17.9 Å². The Hall–Kier alpha value is -3.72. The average molecular weight is 519 g/mol. The van der Waals surface area contributed by atoms with Gasteiger partial charge >= 0.3 is 6.09 Å². The van der Waals surface area contributed by atoms with Crippen LogP contribution in [0.4, 0.5) is 10.6 Å². The highest BCUT2D eigenvalue weighted by molar-refractivity contribution is 7.92. The fourth-order valence-electron chi connectivity index (χ4n) is 4.49. The van der Waals surface area contributed by atoms with E-state index in [-0.39, 0.29) is 10.8 Å². The van der Waals surface area contributed by atoms with Crippen LogP contribution in [-0.4, -0.2) is 46.4 Å². The van der Waals surface area contributed by atoms with Gasteiger partial charge in [-0.25, -0.2) is 27.7 Å². The van der Waals surface area contributed by atoms with Crippen LogP contribution in [0.1, 0.15) is 51.9 Å². The molecule has 3 heterocycles. The number of rotatable bonds is 4. The number of para-hydroxylation sites is 1. The van der Waals surface area contributed by atoms with Gasteiger partial charge in [0.05, 0.1) is 39.2 Å². The van der Waals surface area contributed by atoms with Crippen LogP contribution in [0.15, 0.2) is 65.7 Å². The van der Waals surface area contributed by atoms with Crippen LogP contribution in [0.3, 0.4) is 0 Å².